The summed E-state index contributed by atoms with van der Waals surface area (Å²) in [6, 6.07) is 9.10. The highest BCUT2D eigenvalue weighted by molar-refractivity contribution is 5.86. The van der Waals surface area contributed by atoms with Gasteiger partial charge in [0.15, 0.2) is 5.65 Å². The van der Waals surface area contributed by atoms with E-state index in [0.717, 1.165) is 5.56 Å². The fourth-order valence-electron chi connectivity index (χ4n) is 3.80. The van der Waals surface area contributed by atoms with Gasteiger partial charge in [0.05, 0.1) is 24.0 Å². The van der Waals surface area contributed by atoms with Crippen LogP contribution in [-0.4, -0.2) is 56.5 Å². The van der Waals surface area contributed by atoms with Crippen molar-refractivity contribution >= 4 is 16.9 Å². The van der Waals surface area contributed by atoms with Crippen LogP contribution in [0.5, 0.6) is 0 Å². The van der Waals surface area contributed by atoms with Crippen molar-refractivity contribution in [2.24, 2.45) is 7.05 Å². The maximum atomic E-state index is 13.3. The Hall–Kier alpha value is -2.68. The van der Waals surface area contributed by atoms with Gasteiger partial charge in [-0.1, -0.05) is 30.3 Å². The number of alkyl halides is 3. The van der Waals surface area contributed by atoms with Gasteiger partial charge in [-0.3, -0.25) is 9.58 Å². The van der Waals surface area contributed by atoms with Gasteiger partial charge in [0, 0.05) is 33.2 Å². The smallest absolute Gasteiger partial charge is 0.350 e. The zero-order valence-corrected chi connectivity index (χ0v) is 15.5. The minimum absolute atomic E-state index is 0.320. The highest BCUT2D eigenvalue weighted by atomic mass is 19.4. The molecule has 0 spiro atoms. The molecule has 0 amide bonds. The molecule has 1 unspecified atom stereocenters. The highest BCUT2D eigenvalue weighted by Crippen LogP contribution is 2.32. The van der Waals surface area contributed by atoms with E-state index in [1.165, 1.54) is 6.33 Å². The molecule has 0 radical (unpaired) electrons. The third kappa shape index (κ3) is 3.94. The van der Waals surface area contributed by atoms with E-state index in [2.05, 4.69) is 20.0 Å². The molecule has 6 nitrogen and oxygen atoms in total. The van der Waals surface area contributed by atoms with Crippen LogP contribution in [-0.2, 0) is 13.6 Å². The minimum atomic E-state index is -4.25. The lowest BCUT2D eigenvalue weighted by Gasteiger charge is -2.42. The fraction of sp³-hybridized carbons (Fsp3) is 0.421. The summed E-state index contributed by atoms with van der Waals surface area (Å²) >= 11 is 0. The van der Waals surface area contributed by atoms with Crippen molar-refractivity contribution in [3.63, 3.8) is 0 Å². The molecule has 28 heavy (non-hydrogen) atoms. The Morgan fingerprint density at radius 3 is 2.64 bits per heavy atom. The number of fused-ring (bicyclic) bond motifs is 1. The molecule has 0 N–H and O–H groups in total. The van der Waals surface area contributed by atoms with Gasteiger partial charge in [-0.15, -0.1) is 0 Å². The normalized spacial score (nSPS) is 18.7. The molecule has 2 aromatic heterocycles. The van der Waals surface area contributed by atoms with E-state index in [1.54, 1.807) is 22.8 Å². The summed E-state index contributed by atoms with van der Waals surface area (Å²) in [6.07, 6.45) is -2.13. The van der Waals surface area contributed by atoms with E-state index >= 15 is 0 Å². The monoisotopic (exact) mass is 390 g/mol. The van der Waals surface area contributed by atoms with Gasteiger partial charge in [-0.2, -0.15) is 18.3 Å². The van der Waals surface area contributed by atoms with E-state index < -0.39 is 18.6 Å². The van der Waals surface area contributed by atoms with Gasteiger partial charge < -0.3 is 4.90 Å². The summed E-state index contributed by atoms with van der Waals surface area (Å²) in [5.74, 6) is 0.520. The number of rotatable bonds is 4. The van der Waals surface area contributed by atoms with Crippen LogP contribution in [0.15, 0.2) is 42.9 Å². The van der Waals surface area contributed by atoms with E-state index in [-0.39, 0.29) is 0 Å². The van der Waals surface area contributed by atoms with E-state index in [9.17, 15) is 13.2 Å². The van der Waals surface area contributed by atoms with Gasteiger partial charge in [-0.05, 0) is 5.56 Å². The van der Waals surface area contributed by atoms with Crippen LogP contribution in [0.4, 0.5) is 19.0 Å². The summed E-state index contributed by atoms with van der Waals surface area (Å²) in [4.78, 5) is 12.3. The molecular formula is C19H21F3N6. The number of anilines is 1. The van der Waals surface area contributed by atoms with Crippen molar-refractivity contribution in [1.29, 1.82) is 0 Å². The average molecular weight is 390 g/mol. The first-order valence-corrected chi connectivity index (χ1v) is 9.13. The maximum absolute atomic E-state index is 13.3. The predicted octanol–water partition coefficient (Wildman–Crippen LogP) is 3.01. The Kier molecular flexibility index (Phi) is 4.92. The zero-order chi connectivity index (χ0) is 19.7. The number of hydrogen-bond acceptors (Lipinski definition) is 5. The lowest BCUT2D eigenvalue weighted by molar-refractivity contribution is -0.140. The van der Waals surface area contributed by atoms with Crippen LogP contribution in [0.3, 0.4) is 0 Å². The Morgan fingerprint density at radius 2 is 1.89 bits per heavy atom. The van der Waals surface area contributed by atoms with Gasteiger partial charge >= 0.3 is 6.18 Å². The largest absolute Gasteiger partial charge is 0.391 e. The fourth-order valence-corrected chi connectivity index (χ4v) is 3.80. The second kappa shape index (κ2) is 7.38. The van der Waals surface area contributed by atoms with Crippen LogP contribution >= 0.6 is 0 Å². The number of benzene rings is 1. The third-order valence-corrected chi connectivity index (χ3v) is 5.06. The highest BCUT2D eigenvalue weighted by Gasteiger charge is 2.38. The maximum Gasteiger partial charge on any atom is 0.391 e. The topological polar surface area (TPSA) is 50.1 Å². The molecule has 1 aliphatic rings. The number of hydrogen-bond donors (Lipinski definition) is 0. The van der Waals surface area contributed by atoms with Gasteiger partial charge in [-0.25, -0.2) is 9.97 Å². The first kappa shape index (κ1) is 18.7. The Morgan fingerprint density at radius 1 is 1.11 bits per heavy atom. The molecule has 0 bridgehead atoms. The summed E-state index contributed by atoms with van der Waals surface area (Å²) in [7, 11) is 1.75. The molecule has 0 saturated carbocycles. The quantitative estimate of drug-likeness (QED) is 0.686. The van der Waals surface area contributed by atoms with E-state index in [0.29, 0.717) is 43.0 Å². The number of nitrogens with zero attached hydrogens (tertiary/aromatic N) is 6. The van der Waals surface area contributed by atoms with E-state index in [4.69, 9.17) is 0 Å². The van der Waals surface area contributed by atoms with Crippen molar-refractivity contribution in [3.8, 4) is 0 Å². The van der Waals surface area contributed by atoms with Crippen LogP contribution in [0.1, 0.15) is 12.0 Å². The first-order valence-electron chi connectivity index (χ1n) is 9.13. The average Bonchev–Trinajstić information content (AvgIpc) is 3.03. The second-order valence-corrected chi connectivity index (χ2v) is 7.09. The molecule has 3 aromatic rings. The zero-order valence-electron chi connectivity index (χ0n) is 15.5. The second-order valence-electron chi connectivity index (χ2n) is 7.09. The Bertz CT molecular complexity index is 940. The molecule has 1 aliphatic heterocycles. The lowest BCUT2D eigenvalue weighted by Crippen LogP contribution is -2.54. The van der Waals surface area contributed by atoms with Crippen molar-refractivity contribution < 1.29 is 13.2 Å². The van der Waals surface area contributed by atoms with Crippen LogP contribution in [0.25, 0.3) is 11.0 Å². The minimum Gasteiger partial charge on any atom is -0.350 e. The predicted molar refractivity (Wildman–Crippen MR) is 99.8 cm³/mol. The lowest BCUT2D eigenvalue weighted by atomic mass is 10.1. The molecule has 0 aliphatic carbocycles. The number of aromatic nitrogens is 4. The molecule has 1 atom stereocenters. The number of piperazine rings is 1. The third-order valence-electron chi connectivity index (χ3n) is 5.06. The summed E-state index contributed by atoms with van der Waals surface area (Å²) in [6.45, 7) is 2.08. The first-order chi connectivity index (χ1) is 13.4. The Balaban J connectivity index is 1.61. The van der Waals surface area contributed by atoms with Crippen molar-refractivity contribution in [1.82, 2.24) is 24.6 Å². The Labute approximate surface area is 160 Å². The van der Waals surface area contributed by atoms with Gasteiger partial charge in [0.25, 0.3) is 0 Å². The van der Waals surface area contributed by atoms with Crippen molar-refractivity contribution in [2.75, 3.05) is 24.5 Å². The summed E-state index contributed by atoms with van der Waals surface area (Å²) < 4.78 is 41.5. The number of aryl methyl sites for hydroxylation is 1. The summed E-state index contributed by atoms with van der Waals surface area (Å²) in [5.41, 5.74) is 1.71. The molecule has 148 valence electrons. The summed E-state index contributed by atoms with van der Waals surface area (Å²) in [5, 5.41) is 4.85. The van der Waals surface area contributed by atoms with Crippen molar-refractivity contribution in [2.45, 2.75) is 25.2 Å². The molecule has 1 fully saturated rings. The van der Waals surface area contributed by atoms with Crippen LogP contribution < -0.4 is 4.90 Å². The molecule has 9 heteroatoms. The van der Waals surface area contributed by atoms with Gasteiger partial charge in [0.2, 0.25) is 0 Å². The molecule has 1 saturated heterocycles. The molecule has 3 heterocycles. The number of halogens is 3. The van der Waals surface area contributed by atoms with Crippen LogP contribution in [0.2, 0.25) is 0 Å². The SMILES string of the molecule is Cn1ncc2c(N3CCN(Cc4ccccc4)CC3CC(F)(F)F)ncnc21. The van der Waals surface area contributed by atoms with Crippen LogP contribution in [0, 0.1) is 0 Å². The molecular weight excluding hydrogens is 369 g/mol. The molecule has 1 aromatic carbocycles. The standard InChI is InChI=1S/C19H21F3N6/c1-26-17-16(10-25-26)18(24-13-23-17)28-8-7-27(11-14-5-3-2-4-6-14)12-15(28)9-19(20,21)22/h2-6,10,13,15H,7-9,11-12H2,1H3. The van der Waals surface area contributed by atoms with E-state index in [1.807, 2.05) is 30.3 Å². The van der Waals surface area contributed by atoms with Crippen molar-refractivity contribution in [3.05, 3.63) is 48.4 Å². The van der Waals surface area contributed by atoms with Gasteiger partial charge in [0.1, 0.15) is 12.1 Å². The molecule has 4 rings (SSSR count).